The number of hydrogen-bond donors (Lipinski definition) is 0. The molecule has 4 rings (SSSR count). The summed E-state index contributed by atoms with van der Waals surface area (Å²) >= 11 is 1.30. The Kier molecular flexibility index (Phi) is 5.64. The van der Waals surface area contributed by atoms with Gasteiger partial charge in [0.25, 0.3) is 5.56 Å². The average molecular weight is 426 g/mol. The van der Waals surface area contributed by atoms with Gasteiger partial charge in [-0.25, -0.2) is 9.36 Å². The van der Waals surface area contributed by atoms with Crippen LogP contribution < -0.4 is 11.2 Å². The van der Waals surface area contributed by atoms with E-state index in [1.165, 1.54) is 26.9 Å². The number of hydrogen-bond acceptors (Lipinski definition) is 4. The Bertz CT molecular complexity index is 1190. The molecule has 0 aliphatic heterocycles. The van der Waals surface area contributed by atoms with Crippen LogP contribution in [0.15, 0.2) is 39.2 Å². The predicted octanol–water partition coefficient (Wildman–Crippen LogP) is 3.62. The lowest BCUT2D eigenvalue weighted by atomic mass is 9.94. The first-order valence-corrected chi connectivity index (χ1v) is 11.3. The SMILES string of the molecule is Cc1cc(C)cc(-n2c(=O)c3sccc3n(CC(=O)N(C)C3CCCCC3)c2=O)c1. The highest BCUT2D eigenvalue weighted by Gasteiger charge is 2.24. The van der Waals surface area contributed by atoms with E-state index in [-0.39, 0.29) is 24.1 Å². The zero-order valence-corrected chi connectivity index (χ0v) is 18.5. The van der Waals surface area contributed by atoms with Crippen molar-refractivity contribution < 1.29 is 4.79 Å². The topological polar surface area (TPSA) is 64.3 Å². The van der Waals surface area contributed by atoms with Crippen LogP contribution in [0.3, 0.4) is 0 Å². The Morgan fingerprint density at radius 1 is 1.10 bits per heavy atom. The fourth-order valence-corrected chi connectivity index (χ4v) is 5.29. The van der Waals surface area contributed by atoms with Crippen LogP contribution in [0, 0.1) is 13.8 Å². The van der Waals surface area contributed by atoms with Crippen molar-refractivity contribution in [2.75, 3.05) is 7.05 Å². The number of thiophene rings is 1. The van der Waals surface area contributed by atoms with Crippen molar-refractivity contribution in [2.24, 2.45) is 0 Å². The van der Waals surface area contributed by atoms with Crippen molar-refractivity contribution >= 4 is 27.5 Å². The van der Waals surface area contributed by atoms with Gasteiger partial charge in [-0.15, -0.1) is 11.3 Å². The molecule has 0 bridgehead atoms. The first-order chi connectivity index (χ1) is 14.4. The molecule has 6 nitrogen and oxygen atoms in total. The molecule has 0 atom stereocenters. The van der Waals surface area contributed by atoms with Crippen molar-refractivity contribution in [3.63, 3.8) is 0 Å². The second kappa shape index (κ2) is 8.22. The van der Waals surface area contributed by atoms with E-state index in [9.17, 15) is 14.4 Å². The van der Waals surface area contributed by atoms with Crippen molar-refractivity contribution in [2.45, 2.75) is 58.5 Å². The number of likely N-dealkylation sites (N-methyl/N-ethyl adjacent to an activating group) is 1. The molecule has 2 aromatic heterocycles. The van der Waals surface area contributed by atoms with E-state index in [1.54, 1.807) is 16.3 Å². The van der Waals surface area contributed by atoms with Crippen LogP contribution in [-0.2, 0) is 11.3 Å². The maximum atomic E-state index is 13.4. The van der Waals surface area contributed by atoms with Gasteiger partial charge < -0.3 is 4.90 Å². The molecule has 0 spiro atoms. The molecule has 0 radical (unpaired) electrons. The Hall–Kier alpha value is -2.67. The standard InChI is InChI=1S/C23H27N3O3S/c1-15-11-16(2)13-18(12-15)26-22(28)21-19(9-10-30-21)25(23(26)29)14-20(27)24(3)17-7-5-4-6-8-17/h9-13,17H,4-8,14H2,1-3H3. The number of amides is 1. The van der Waals surface area contributed by atoms with Crippen LogP contribution in [0.1, 0.15) is 43.2 Å². The third-order valence-corrected chi connectivity index (χ3v) is 6.92. The molecule has 0 unspecified atom stereocenters. The number of benzene rings is 1. The third kappa shape index (κ3) is 3.74. The first kappa shape index (κ1) is 20.6. The van der Waals surface area contributed by atoms with Crippen LogP contribution in [0.4, 0.5) is 0 Å². The average Bonchev–Trinajstić information content (AvgIpc) is 3.20. The Labute approximate surface area is 179 Å². The maximum absolute atomic E-state index is 13.4. The minimum Gasteiger partial charge on any atom is -0.341 e. The van der Waals surface area contributed by atoms with Gasteiger partial charge >= 0.3 is 5.69 Å². The quantitative estimate of drug-likeness (QED) is 0.641. The number of carbonyl (C=O) groups is 1. The van der Waals surface area contributed by atoms with Crippen LogP contribution in [0.2, 0.25) is 0 Å². The summed E-state index contributed by atoms with van der Waals surface area (Å²) in [5.74, 6) is -0.0953. The number of carbonyl (C=O) groups excluding carboxylic acids is 1. The number of aromatic nitrogens is 2. The van der Waals surface area contributed by atoms with E-state index < -0.39 is 5.69 Å². The van der Waals surface area contributed by atoms with Gasteiger partial charge in [-0.05, 0) is 61.4 Å². The molecule has 30 heavy (non-hydrogen) atoms. The molecule has 1 aromatic carbocycles. The maximum Gasteiger partial charge on any atom is 0.336 e. The monoisotopic (exact) mass is 425 g/mol. The van der Waals surface area contributed by atoms with Gasteiger partial charge in [0.2, 0.25) is 5.91 Å². The van der Waals surface area contributed by atoms with Crippen molar-refractivity contribution in [1.82, 2.24) is 14.0 Å². The van der Waals surface area contributed by atoms with E-state index >= 15 is 0 Å². The molecule has 1 fully saturated rings. The smallest absolute Gasteiger partial charge is 0.336 e. The van der Waals surface area contributed by atoms with E-state index in [1.807, 2.05) is 39.1 Å². The van der Waals surface area contributed by atoms with E-state index in [0.717, 1.165) is 36.8 Å². The minimum atomic E-state index is -0.471. The number of aryl methyl sites for hydroxylation is 2. The molecule has 1 aliphatic rings. The highest BCUT2D eigenvalue weighted by Crippen LogP contribution is 2.22. The summed E-state index contributed by atoms with van der Waals surface area (Å²) in [7, 11) is 1.83. The van der Waals surface area contributed by atoms with Crippen LogP contribution in [0.25, 0.3) is 15.9 Å². The molecule has 158 valence electrons. The van der Waals surface area contributed by atoms with Gasteiger partial charge in [-0.3, -0.25) is 14.2 Å². The van der Waals surface area contributed by atoms with E-state index in [4.69, 9.17) is 0 Å². The van der Waals surface area contributed by atoms with Crippen LogP contribution in [-0.4, -0.2) is 33.0 Å². The van der Waals surface area contributed by atoms with Gasteiger partial charge in [-0.1, -0.05) is 25.3 Å². The minimum absolute atomic E-state index is 0.0653. The second-order valence-corrected chi connectivity index (χ2v) is 9.20. The normalized spacial score (nSPS) is 14.9. The summed E-state index contributed by atoms with van der Waals surface area (Å²) in [6.07, 6.45) is 5.50. The highest BCUT2D eigenvalue weighted by molar-refractivity contribution is 7.17. The summed E-state index contributed by atoms with van der Waals surface area (Å²) in [4.78, 5) is 41.4. The number of fused-ring (bicyclic) bond motifs is 1. The molecule has 0 saturated heterocycles. The Morgan fingerprint density at radius 3 is 2.43 bits per heavy atom. The zero-order valence-electron chi connectivity index (χ0n) is 17.7. The summed E-state index contributed by atoms with van der Waals surface area (Å²) < 4.78 is 3.14. The Morgan fingerprint density at radius 2 is 1.77 bits per heavy atom. The van der Waals surface area contributed by atoms with Gasteiger partial charge in [0, 0.05) is 13.1 Å². The molecular weight excluding hydrogens is 398 g/mol. The predicted molar refractivity (Wildman–Crippen MR) is 121 cm³/mol. The van der Waals surface area contributed by atoms with Gasteiger partial charge in [0.1, 0.15) is 11.2 Å². The van der Waals surface area contributed by atoms with E-state index in [0.29, 0.717) is 15.9 Å². The highest BCUT2D eigenvalue weighted by atomic mass is 32.1. The molecule has 7 heteroatoms. The first-order valence-electron chi connectivity index (χ1n) is 10.4. The number of rotatable bonds is 4. The fourth-order valence-electron chi connectivity index (χ4n) is 4.47. The molecule has 1 aliphatic carbocycles. The van der Waals surface area contributed by atoms with Crippen molar-refractivity contribution in [3.05, 3.63) is 61.6 Å². The van der Waals surface area contributed by atoms with Gasteiger partial charge in [0.05, 0.1) is 11.2 Å². The molecule has 0 N–H and O–H groups in total. The molecular formula is C23H27N3O3S. The van der Waals surface area contributed by atoms with Crippen molar-refractivity contribution in [3.8, 4) is 5.69 Å². The van der Waals surface area contributed by atoms with Crippen LogP contribution >= 0.6 is 11.3 Å². The second-order valence-electron chi connectivity index (χ2n) is 8.29. The van der Waals surface area contributed by atoms with Crippen LogP contribution in [0.5, 0.6) is 0 Å². The zero-order chi connectivity index (χ0) is 21.4. The molecule has 1 amide bonds. The fraction of sp³-hybridized carbons (Fsp3) is 0.435. The lowest BCUT2D eigenvalue weighted by Crippen LogP contribution is -2.44. The summed E-state index contributed by atoms with van der Waals surface area (Å²) in [6.45, 7) is 3.81. The van der Waals surface area contributed by atoms with Gasteiger partial charge in [0.15, 0.2) is 0 Å². The summed E-state index contributed by atoms with van der Waals surface area (Å²) in [6, 6.07) is 7.64. The molecule has 2 heterocycles. The lowest BCUT2D eigenvalue weighted by Gasteiger charge is -2.31. The number of nitrogens with zero attached hydrogens (tertiary/aromatic N) is 3. The third-order valence-electron chi connectivity index (χ3n) is 6.03. The van der Waals surface area contributed by atoms with Gasteiger partial charge in [-0.2, -0.15) is 0 Å². The molecule has 3 aromatic rings. The summed E-state index contributed by atoms with van der Waals surface area (Å²) in [5.41, 5.74) is 2.21. The van der Waals surface area contributed by atoms with Crippen molar-refractivity contribution in [1.29, 1.82) is 0 Å². The molecule has 1 saturated carbocycles. The summed E-state index contributed by atoms with van der Waals surface area (Å²) in [5, 5.41) is 1.79. The lowest BCUT2D eigenvalue weighted by molar-refractivity contribution is -0.133. The van der Waals surface area contributed by atoms with E-state index in [2.05, 4.69) is 0 Å². The largest absolute Gasteiger partial charge is 0.341 e. The Balaban J connectivity index is 1.80.